The SMILES string of the molecule is O=C(C1CCN(c2nccc3sccc23)CC1)N1CCN(C2CCCCC2)CC1. The molecule has 156 valence electrons. The van der Waals surface area contributed by atoms with E-state index >= 15 is 0 Å². The molecule has 2 aromatic heterocycles. The number of amides is 1. The summed E-state index contributed by atoms with van der Waals surface area (Å²) in [5.74, 6) is 1.68. The van der Waals surface area contributed by atoms with Crippen molar-refractivity contribution in [2.75, 3.05) is 44.2 Å². The third-order valence-electron chi connectivity index (χ3n) is 7.22. The molecule has 0 radical (unpaired) electrons. The summed E-state index contributed by atoms with van der Waals surface area (Å²) in [4.78, 5) is 24.9. The van der Waals surface area contributed by atoms with Crippen molar-refractivity contribution in [1.82, 2.24) is 14.8 Å². The minimum Gasteiger partial charge on any atom is -0.356 e. The van der Waals surface area contributed by atoms with E-state index in [1.165, 1.54) is 42.2 Å². The first-order valence-electron chi connectivity index (χ1n) is 11.4. The number of fused-ring (bicyclic) bond motifs is 1. The lowest BCUT2D eigenvalue weighted by atomic mass is 9.93. The van der Waals surface area contributed by atoms with Gasteiger partial charge < -0.3 is 9.80 Å². The fraction of sp³-hybridized carbons (Fsp3) is 0.652. The molecule has 0 bridgehead atoms. The third kappa shape index (κ3) is 4.02. The first kappa shape index (κ1) is 19.3. The van der Waals surface area contributed by atoms with Crippen molar-refractivity contribution in [2.24, 2.45) is 5.92 Å². The lowest BCUT2D eigenvalue weighted by molar-refractivity contribution is -0.138. The van der Waals surface area contributed by atoms with Crippen molar-refractivity contribution in [1.29, 1.82) is 0 Å². The fourth-order valence-electron chi connectivity index (χ4n) is 5.48. The van der Waals surface area contributed by atoms with Gasteiger partial charge in [-0.1, -0.05) is 19.3 Å². The number of nitrogens with zero attached hydrogens (tertiary/aromatic N) is 4. The van der Waals surface area contributed by atoms with Crippen LogP contribution in [0.3, 0.4) is 0 Å². The molecule has 3 aliphatic rings. The minimum atomic E-state index is 0.189. The summed E-state index contributed by atoms with van der Waals surface area (Å²) in [6.45, 7) is 5.84. The fourth-order valence-corrected chi connectivity index (χ4v) is 6.26. The Balaban J connectivity index is 1.14. The standard InChI is InChI=1S/C23H32N4OS/c28-23(27-15-13-25(14-16-27)19-4-2-1-3-5-19)18-7-11-26(12-8-18)22-20-9-17-29-21(20)6-10-24-22/h6,9-10,17-19H,1-5,7-8,11-16H2. The second-order valence-corrected chi connectivity index (χ2v) is 9.83. The molecular formula is C23H32N4OS. The van der Waals surface area contributed by atoms with Crippen LogP contribution in [0.25, 0.3) is 10.1 Å². The van der Waals surface area contributed by atoms with Gasteiger partial charge in [0.1, 0.15) is 5.82 Å². The molecule has 6 heteroatoms. The van der Waals surface area contributed by atoms with Crippen LogP contribution < -0.4 is 4.90 Å². The van der Waals surface area contributed by atoms with Crippen molar-refractivity contribution in [3.8, 4) is 0 Å². The van der Waals surface area contributed by atoms with E-state index in [-0.39, 0.29) is 5.92 Å². The van der Waals surface area contributed by atoms with E-state index in [4.69, 9.17) is 0 Å². The van der Waals surface area contributed by atoms with Crippen LogP contribution in [0.5, 0.6) is 0 Å². The molecule has 0 spiro atoms. The van der Waals surface area contributed by atoms with Gasteiger partial charge in [-0.2, -0.15) is 0 Å². The largest absolute Gasteiger partial charge is 0.356 e. The van der Waals surface area contributed by atoms with Crippen molar-refractivity contribution < 1.29 is 4.79 Å². The summed E-state index contributed by atoms with van der Waals surface area (Å²) in [6, 6.07) is 5.04. The summed E-state index contributed by atoms with van der Waals surface area (Å²) < 4.78 is 1.30. The predicted octanol–water partition coefficient (Wildman–Crippen LogP) is 3.99. The van der Waals surface area contributed by atoms with Crippen LogP contribution in [0.1, 0.15) is 44.9 Å². The van der Waals surface area contributed by atoms with Crippen LogP contribution in [0.2, 0.25) is 0 Å². The highest BCUT2D eigenvalue weighted by Gasteiger charge is 2.32. The molecule has 5 nitrogen and oxygen atoms in total. The normalized spacial score (nSPS) is 23.0. The average molecular weight is 413 g/mol. The molecule has 5 rings (SSSR count). The van der Waals surface area contributed by atoms with Crippen LogP contribution in [0.4, 0.5) is 5.82 Å². The second-order valence-electron chi connectivity index (χ2n) is 8.88. The Morgan fingerprint density at radius 3 is 2.45 bits per heavy atom. The molecule has 2 saturated heterocycles. The highest BCUT2D eigenvalue weighted by Crippen LogP contribution is 2.32. The molecule has 1 amide bonds. The second kappa shape index (κ2) is 8.60. The first-order chi connectivity index (χ1) is 14.3. The average Bonchev–Trinajstić information content (AvgIpc) is 3.29. The number of carbonyl (C=O) groups excluding carboxylic acids is 1. The molecule has 0 N–H and O–H groups in total. The zero-order valence-electron chi connectivity index (χ0n) is 17.3. The molecule has 0 unspecified atom stereocenters. The zero-order valence-corrected chi connectivity index (χ0v) is 18.1. The highest BCUT2D eigenvalue weighted by atomic mass is 32.1. The maximum Gasteiger partial charge on any atom is 0.225 e. The summed E-state index contributed by atoms with van der Waals surface area (Å²) >= 11 is 1.77. The van der Waals surface area contributed by atoms with Crippen LogP contribution in [0, 0.1) is 5.92 Å². The number of piperazine rings is 1. The van der Waals surface area contributed by atoms with Gasteiger partial charge in [-0.05, 0) is 43.2 Å². The Morgan fingerprint density at radius 1 is 0.931 bits per heavy atom. The number of carbonyl (C=O) groups is 1. The number of aromatic nitrogens is 1. The number of anilines is 1. The van der Waals surface area contributed by atoms with Gasteiger partial charge in [0.05, 0.1) is 0 Å². The molecule has 1 saturated carbocycles. The topological polar surface area (TPSA) is 39.7 Å². The Bertz CT molecular complexity index is 830. The number of rotatable bonds is 3. The van der Waals surface area contributed by atoms with Crippen LogP contribution in [0.15, 0.2) is 23.7 Å². The maximum atomic E-state index is 13.1. The molecule has 0 aromatic carbocycles. The summed E-state index contributed by atoms with van der Waals surface area (Å²) in [5, 5.41) is 3.39. The molecule has 2 aliphatic heterocycles. The van der Waals surface area contributed by atoms with E-state index in [1.807, 2.05) is 6.20 Å². The molecule has 0 atom stereocenters. The molecule has 29 heavy (non-hydrogen) atoms. The van der Waals surface area contributed by atoms with Gasteiger partial charge in [0, 0.05) is 67.5 Å². The van der Waals surface area contributed by atoms with E-state index in [0.717, 1.165) is 64.0 Å². The predicted molar refractivity (Wildman–Crippen MR) is 120 cm³/mol. The van der Waals surface area contributed by atoms with E-state index in [9.17, 15) is 4.79 Å². The van der Waals surface area contributed by atoms with Gasteiger partial charge in [-0.3, -0.25) is 9.69 Å². The van der Waals surface area contributed by atoms with Gasteiger partial charge >= 0.3 is 0 Å². The Labute approximate surface area is 177 Å². The highest BCUT2D eigenvalue weighted by molar-refractivity contribution is 7.17. The number of piperidine rings is 1. The van der Waals surface area contributed by atoms with Crippen molar-refractivity contribution in [2.45, 2.75) is 51.0 Å². The molecule has 1 aliphatic carbocycles. The van der Waals surface area contributed by atoms with Gasteiger partial charge in [-0.25, -0.2) is 4.98 Å². The monoisotopic (exact) mass is 412 g/mol. The lowest BCUT2D eigenvalue weighted by Gasteiger charge is -2.42. The molecule has 4 heterocycles. The summed E-state index contributed by atoms with van der Waals surface area (Å²) in [6.07, 6.45) is 10.7. The third-order valence-corrected chi connectivity index (χ3v) is 8.10. The van der Waals surface area contributed by atoms with Crippen molar-refractivity contribution in [3.63, 3.8) is 0 Å². The minimum absolute atomic E-state index is 0.189. The van der Waals surface area contributed by atoms with Gasteiger partial charge in [0.15, 0.2) is 0 Å². The number of pyridine rings is 1. The summed E-state index contributed by atoms with van der Waals surface area (Å²) in [7, 11) is 0. The lowest BCUT2D eigenvalue weighted by Crippen LogP contribution is -2.54. The van der Waals surface area contributed by atoms with Gasteiger partial charge in [0.2, 0.25) is 5.91 Å². The van der Waals surface area contributed by atoms with Crippen molar-refractivity contribution >= 4 is 33.1 Å². The maximum absolute atomic E-state index is 13.1. The Morgan fingerprint density at radius 2 is 1.69 bits per heavy atom. The number of hydrogen-bond donors (Lipinski definition) is 0. The van der Waals surface area contributed by atoms with Gasteiger partial charge in [-0.15, -0.1) is 11.3 Å². The van der Waals surface area contributed by atoms with Crippen LogP contribution in [-0.4, -0.2) is 66.0 Å². The first-order valence-corrected chi connectivity index (χ1v) is 12.3. The van der Waals surface area contributed by atoms with Crippen molar-refractivity contribution in [3.05, 3.63) is 23.7 Å². The quantitative estimate of drug-likeness (QED) is 0.764. The number of hydrogen-bond acceptors (Lipinski definition) is 5. The Hall–Kier alpha value is -1.66. The molecular weight excluding hydrogens is 380 g/mol. The smallest absolute Gasteiger partial charge is 0.225 e. The van der Waals surface area contributed by atoms with E-state index < -0.39 is 0 Å². The van der Waals surface area contributed by atoms with E-state index in [2.05, 4.69) is 37.2 Å². The van der Waals surface area contributed by atoms with Crippen LogP contribution >= 0.6 is 11.3 Å². The van der Waals surface area contributed by atoms with Gasteiger partial charge in [0.25, 0.3) is 0 Å². The van der Waals surface area contributed by atoms with Crippen LogP contribution in [-0.2, 0) is 4.79 Å². The Kier molecular flexibility index (Phi) is 5.73. The molecule has 3 fully saturated rings. The van der Waals surface area contributed by atoms with E-state index in [0.29, 0.717) is 5.91 Å². The zero-order chi connectivity index (χ0) is 19.6. The number of thiophene rings is 1. The molecule has 2 aromatic rings. The summed E-state index contributed by atoms with van der Waals surface area (Å²) in [5.41, 5.74) is 0. The van der Waals surface area contributed by atoms with E-state index in [1.54, 1.807) is 11.3 Å².